The Bertz CT molecular complexity index is 330. The fraction of sp³-hybridized carbons (Fsp3) is 0.538. The first-order valence-electron chi connectivity index (χ1n) is 5.59. The Morgan fingerprint density at radius 3 is 2.93 bits per heavy atom. The largest absolute Gasteiger partial charge is 0.368 e. The molecule has 0 radical (unpaired) electrons. The number of rotatable bonds is 2. The maximum atomic E-state index is 2.54. The minimum atomic E-state index is 0.679. The fourth-order valence-corrected chi connectivity index (χ4v) is 2.31. The molecule has 0 amide bonds. The molecular formula is C13H19N. The molecule has 1 unspecified atom stereocenters. The Labute approximate surface area is 86.7 Å². The van der Waals surface area contributed by atoms with E-state index in [1.54, 1.807) is 5.56 Å². The molecule has 0 fully saturated rings. The maximum Gasteiger partial charge on any atom is 0.0404 e. The van der Waals surface area contributed by atoms with Gasteiger partial charge in [0.05, 0.1) is 0 Å². The zero-order valence-electron chi connectivity index (χ0n) is 9.38. The average molecular weight is 189 g/mol. The second kappa shape index (κ2) is 3.64. The smallest absolute Gasteiger partial charge is 0.0404 e. The van der Waals surface area contributed by atoms with Crippen molar-refractivity contribution in [3.8, 4) is 0 Å². The van der Waals surface area contributed by atoms with E-state index in [2.05, 4.69) is 43.9 Å². The van der Waals surface area contributed by atoms with E-state index in [0.717, 1.165) is 0 Å². The monoisotopic (exact) mass is 189 g/mol. The minimum Gasteiger partial charge on any atom is -0.368 e. The van der Waals surface area contributed by atoms with Crippen molar-refractivity contribution in [2.45, 2.75) is 39.7 Å². The van der Waals surface area contributed by atoms with E-state index < -0.39 is 0 Å². The van der Waals surface area contributed by atoms with Crippen LogP contribution in [0, 0.1) is 6.92 Å². The minimum absolute atomic E-state index is 0.679. The average Bonchev–Trinajstić information content (AvgIpc) is 2.62. The Hall–Kier alpha value is -0.980. The van der Waals surface area contributed by atoms with E-state index in [4.69, 9.17) is 0 Å². The van der Waals surface area contributed by atoms with E-state index in [9.17, 15) is 0 Å². The third kappa shape index (κ3) is 1.41. The van der Waals surface area contributed by atoms with Gasteiger partial charge in [-0.2, -0.15) is 0 Å². The third-order valence-corrected chi connectivity index (χ3v) is 3.42. The summed E-state index contributed by atoms with van der Waals surface area (Å²) in [6, 6.07) is 7.34. The molecule has 0 bridgehead atoms. The molecule has 0 saturated heterocycles. The Balaban J connectivity index is 2.35. The summed E-state index contributed by atoms with van der Waals surface area (Å²) in [6.45, 7) is 8.00. The molecule has 0 spiro atoms. The van der Waals surface area contributed by atoms with Crippen LogP contribution in [0.15, 0.2) is 18.2 Å². The zero-order chi connectivity index (χ0) is 10.1. The molecule has 76 valence electrons. The van der Waals surface area contributed by atoms with Gasteiger partial charge in [-0.3, -0.25) is 0 Å². The summed E-state index contributed by atoms with van der Waals surface area (Å²) in [4.78, 5) is 2.54. The van der Waals surface area contributed by atoms with Crippen LogP contribution in [-0.4, -0.2) is 12.6 Å². The lowest BCUT2D eigenvalue weighted by Crippen LogP contribution is -2.30. The van der Waals surface area contributed by atoms with Crippen LogP contribution in [0.2, 0.25) is 0 Å². The molecule has 2 rings (SSSR count). The van der Waals surface area contributed by atoms with Gasteiger partial charge in [0.1, 0.15) is 0 Å². The first kappa shape index (κ1) is 9.57. The van der Waals surface area contributed by atoms with E-state index in [0.29, 0.717) is 6.04 Å². The SMILES string of the molecule is CCC(C)N1CCc2c(C)cccc21. The van der Waals surface area contributed by atoms with Crippen LogP contribution in [0.5, 0.6) is 0 Å². The van der Waals surface area contributed by atoms with Gasteiger partial charge in [-0.05, 0) is 43.9 Å². The predicted molar refractivity (Wildman–Crippen MR) is 62.0 cm³/mol. The van der Waals surface area contributed by atoms with Crippen LogP contribution in [-0.2, 0) is 6.42 Å². The van der Waals surface area contributed by atoms with Crippen LogP contribution in [0.1, 0.15) is 31.4 Å². The molecule has 0 aliphatic carbocycles. The summed E-state index contributed by atoms with van der Waals surface area (Å²) in [7, 11) is 0. The Morgan fingerprint density at radius 2 is 2.21 bits per heavy atom. The van der Waals surface area contributed by atoms with Crippen molar-refractivity contribution < 1.29 is 0 Å². The number of nitrogens with zero attached hydrogens (tertiary/aromatic N) is 1. The summed E-state index contributed by atoms with van der Waals surface area (Å²) >= 11 is 0. The summed E-state index contributed by atoms with van der Waals surface area (Å²) in [5.74, 6) is 0. The van der Waals surface area contributed by atoms with Gasteiger partial charge in [-0.15, -0.1) is 0 Å². The third-order valence-electron chi connectivity index (χ3n) is 3.42. The highest BCUT2D eigenvalue weighted by atomic mass is 15.2. The van der Waals surface area contributed by atoms with Crippen LogP contribution in [0.3, 0.4) is 0 Å². The molecular weight excluding hydrogens is 170 g/mol. The number of fused-ring (bicyclic) bond motifs is 1. The summed E-state index contributed by atoms with van der Waals surface area (Å²) in [5, 5.41) is 0. The lowest BCUT2D eigenvalue weighted by atomic mass is 10.1. The number of benzene rings is 1. The lowest BCUT2D eigenvalue weighted by molar-refractivity contribution is 0.635. The van der Waals surface area contributed by atoms with Crippen molar-refractivity contribution in [2.24, 2.45) is 0 Å². The van der Waals surface area contributed by atoms with Gasteiger partial charge in [0.25, 0.3) is 0 Å². The van der Waals surface area contributed by atoms with Crippen molar-refractivity contribution in [2.75, 3.05) is 11.4 Å². The number of anilines is 1. The van der Waals surface area contributed by atoms with Crippen LogP contribution in [0.25, 0.3) is 0 Å². The molecule has 1 aromatic rings. The van der Waals surface area contributed by atoms with Crippen LogP contribution < -0.4 is 4.90 Å². The second-order valence-electron chi connectivity index (χ2n) is 4.27. The molecule has 1 atom stereocenters. The Kier molecular flexibility index (Phi) is 2.49. The molecule has 1 aliphatic rings. The van der Waals surface area contributed by atoms with Crippen molar-refractivity contribution in [3.05, 3.63) is 29.3 Å². The van der Waals surface area contributed by atoms with Crippen LogP contribution >= 0.6 is 0 Å². The number of aryl methyl sites for hydroxylation is 1. The fourth-order valence-electron chi connectivity index (χ4n) is 2.31. The standard InChI is InChI=1S/C13H19N/c1-4-11(3)14-9-8-12-10(2)6-5-7-13(12)14/h5-7,11H,4,8-9H2,1-3H3. The van der Waals surface area contributed by atoms with Gasteiger partial charge in [-0.25, -0.2) is 0 Å². The first-order chi connectivity index (χ1) is 6.74. The zero-order valence-corrected chi connectivity index (χ0v) is 9.38. The molecule has 14 heavy (non-hydrogen) atoms. The van der Waals surface area contributed by atoms with Crippen molar-refractivity contribution >= 4 is 5.69 Å². The summed E-state index contributed by atoms with van der Waals surface area (Å²) in [6.07, 6.45) is 2.46. The molecule has 1 aliphatic heterocycles. The highest BCUT2D eigenvalue weighted by Crippen LogP contribution is 2.32. The highest BCUT2D eigenvalue weighted by Gasteiger charge is 2.22. The molecule has 0 N–H and O–H groups in total. The van der Waals surface area contributed by atoms with Gasteiger partial charge in [0, 0.05) is 18.3 Å². The topological polar surface area (TPSA) is 3.24 Å². The van der Waals surface area contributed by atoms with Crippen molar-refractivity contribution in [3.63, 3.8) is 0 Å². The number of hydrogen-bond donors (Lipinski definition) is 0. The van der Waals surface area contributed by atoms with Gasteiger partial charge in [-0.1, -0.05) is 19.1 Å². The summed E-state index contributed by atoms with van der Waals surface area (Å²) in [5.41, 5.74) is 4.49. The molecule has 1 aromatic carbocycles. The quantitative estimate of drug-likeness (QED) is 0.690. The number of hydrogen-bond acceptors (Lipinski definition) is 1. The lowest BCUT2D eigenvalue weighted by Gasteiger charge is -2.26. The highest BCUT2D eigenvalue weighted by molar-refractivity contribution is 5.61. The summed E-state index contributed by atoms with van der Waals surface area (Å²) < 4.78 is 0. The van der Waals surface area contributed by atoms with Gasteiger partial charge >= 0.3 is 0 Å². The maximum absolute atomic E-state index is 2.54. The molecule has 0 aromatic heterocycles. The van der Waals surface area contributed by atoms with Crippen molar-refractivity contribution in [1.29, 1.82) is 0 Å². The Morgan fingerprint density at radius 1 is 1.43 bits per heavy atom. The van der Waals surface area contributed by atoms with Crippen molar-refractivity contribution in [1.82, 2.24) is 0 Å². The molecule has 1 heterocycles. The van der Waals surface area contributed by atoms with E-state index >= 15 is 0 Å². The molecule has 1 heteroatoms. The second-order valence-corrected chi connectivity index (χ2v) is 4.27. The normalized spacial score (nSPS) is 16.9. The van der Waals surface area contributed by atoms with Gasteiger partial charge in [0.15, 0.2) is 0 Å². The predicted octanol–water partition coefficient (Wildman–Crippen LogP) is 3.16. The van der Waals surface area contributed by atoms with Crippen LogP contribution in [0.4, 0.5) is 5.69 Å². The van der Waals surface area contributed by atoms with Gasteiger partial charge < -0.3 is 4.90 Å². The first-order valence-corrected chi connectivity index (χ1v) is 5.59. The van der Waals surface area contributed by atoms with E-state index in [1.807, 2.05) is 0 Å². The van der Waals surface area contributed by atoms with Gasteiger partial charge in [0.2, 0.25) is 0 Å². The molecule has 1 nitrogen and oxygen atoms in total. The molecule has 0 saturated carbocycles. The van der Waals surface area contributed by atoms with E-state index in [1.165, 1.54) is 30.6 Å². The van der Waals surface area contributed by atoms with E-state index in [-0.39, 0.29) is 0 Å².